The maximum Gasteiger partial charge on any atom is 0.261 e. The molecule has 0 aliphatic carbocycles. The number of aryl methyl sites for hydroxylation is 1. The molecule has 0 N–H and O–H groups in total. The minimum atomic E-state index is -0.178. The molecule has 31 heavy (non-hydrogen) atoms. The highest BCUT2D eigenvalue weighted by molar-refractivity contribution is 6.36. The van der Waals surface area contributed by atoms with Crippen LogP contribution in [0.5, 0.6) is 0 Å². The highest BCUT2D eigenvalue weighted by Crippen LogP contribution is 2.23. The number of carbonyl (C=O) groups excluding carboxylic acids is 2. The summed E-state index contributed by atoms with van der Waals surface area (Å²) in [6.45, 7) is 1.96. The number of rotatable bonds is 4. The van der Waals surface area contributed by atoms with Crippen LogP contribution in [-0.4, -0.2) is 57.3 Å². The number of carbonyl (C=O) groups is 2. The van der Waals surface area contributed by atoms with Crippen LogP contribution < -0.4 is 5.56 Å². The van der Waals surface area contributed by atoms with Crippen LogP contribution in [0.3, 0.4) is 0 Å². The van der Waals surface area contributed by atoms with Crippen molar-refractivity contribution in [1.29, 1.82) is 0 Å². The second kappa shape index (κ2) is 9.08. The van der Waals surface area contributed by atoms with E-state index in [4.69, 9.17) is 23.2 Å². The summed E-state index contributed by atoms with van der Waals surface area (Å²) in [5, 5.41) is 1.31. The smallest absolute Gasteiger partial charge is 0.261 e. The van der Waals surface area contributed by atoms with Crippen LogP contribution in [0, 0.1) is 0 Å². The summed E-state index contributed by atoms with van der Waals surface area (Å²) in [7, 11) is 0. The van der Waals surface area contributed by atoms with Crippen molar-refractivity contribution < 1.29 is 9.59 Å². The van der Waals surface area contributed by atoms with E-state index in [-0.39, 0.29) is 30.3 Å². The molecule has 0 radical (unpaired) electrons. The van der Waals surface area contributed by atoms with E-state index < -0.39 is 0 Å². The summed E-state index contributed by atoms with van der Waals surface area (Å²) < 4.78 is 1.46. The van der Waals surface area contributed by atoms with Crippen molar-refractivity contribution in [2.24, 2.45) is 0 Å². The van der Waals surface area contributed by atoms with E-state index in [1.807, 2.05) is 6.07 Å². The number of benzene rings is 2. The Labute approximate surface area is 188 Å². The van der Waals surface area contributed by atoms with Gasteiger partial charge in [0.2, 0.25) is 5.91 Å². The van der Waals surface area contributed by atoms with Gasteiger partial charge in [-0.1, -0.05) is 35.3 Å². The molecule has 0 unspecified atom stereocenters. The van der Waals surface area contributed by atoms with Gasteiger partial charge in [-0.3, -0.25) is 19.0 Å². The molecule has 4 rings (SSSR count). The van der Waals surface area contributed by atoms with E-state index in [1.165, 1.54) is 10.9 Å². The first-order valence-electron chi connectivity index (χ1n) is 9.90. The van der Waals surface area contributed by atoms with Gasteiger partial charge >= 0.3 is 0 Å². The van der Waals surface area contributed by atoms with Gasteiger partial charge in [-0.05, 0) is 30.3 Å². The van der Waals surface area contributed by atoms with Crippen LogP contribution in [0.15, 0.2) is 53.6 Å². The van der Waals surface area contributed by atoms with Crippen LogP contribution in [0.2, 0.25) is 10.0 Å². The lowest BCUT2D eigenvalue weighted by atomic mass is 10.1. The number of hydrogen-bond acceptors (Lipinski definition) is 4. The van der Waals surface area contributed by atoms with Crippen LogP contribution in [-0.2, 0) is 11.3 Å². The molecule has 1 aromatic heterocycles. The van der Waals surface area contributed by atoms with Crippen molar-refractivity contribution in [2.45, 2.75) is 13.0 Å². The molecular weight excluding hydrogens is 439 g/mol. The number of halogens is 2. The van der Waals surface area contributed by atoms with Crippen molar-refractivity contribution in [1.82, 2.24) is 19.4 Å². The van der Waals surface area contributed by atoms with Gasteiger partial charge < -0.3 is 9.80 Å². The summed E-state index contributed by atoms with van der Waals surface area (Å²) in [5.74, 6) is -0.237. The number of aromatic nitrogens is 2. The Balaban J connectivity index is 1.34. The SMILES string of the molecule is O=C(CCn1cnc2ccccc2c1=O)N1CCN(C(=O)c2ccc(Cl)cc2Cl)CC1. The molecule has 7 nitrogen and oxygen atoms in total. The zero-order chi connectivity index (χ0) is 22.0. The van der Waals surface area contributed by atoms with Gasteiger partial charge in [0.15, 0.2) is 0 Å². The summed E-state index contributed by atoms with van der Waals surface area (Å²) in [4.78, 5) is 45.6. The third kappa shape index (κ3) is 4.57. The lowest BCUT2D eigenvalue weighted by Crippen LogP contribution is -2.50. The van der Waals surface area contributed by atoms with Gasteiger partial charge in [-0.2, -0.15) is 0 Å². The first-order chi connectivity index (χ1) is 14.9. The number of para-hydroxylation sites is 1. The molecule has 0 atom stereocenters. The Morgan fingerprint density at radius 3 is 2.42 bits per heavy atom. The molecule has 0 spiro atoms. The van der Waals surface area contributed by atoms with Gasteiger partial charge in [0, 0.05) is 44.2 Å². The third-order valence-corrected chi connectivity index (χ3v) is 5.93. The topological polar surface area (TPSA) is 75.5 Å². The molecule has 2 amide bonds. The van der Waals surface area contributed by atoms with Crippen LogP contribution in [0.1, 0.15) is 16.8 Å². The largest absolute Gasteiger partial charge is 0.339 e. The molecule has 1 saturated heterocycles. The summed E-state index contributed by atoms with van der Waals surface area (Å²) in [6, 6.07) is 11.9. The fraction of sp³-hybridized carbons (Fsp3) is 0.273. The summed E-state index contributed by atoms with van der Waals surface area (Å²) >= 11 is 12.0. The van der Waals surface area contributed by atoms with Crippen molar-refractivity contribution in [3.05, 3.63) is 74.8 Å². The van der Waals surface area contributed by atoms with E-state index in [2.05, 4.69) is 4.98 Å². The number of nitrogens with zero attached hydrogens (tertiary/aromatic N) is 4. The molecule has 1 aliphatic rings. The van der Waals surface area contributed by atoms with Gasteiger partial charge in [0.05, 0.1) is 27.8 Å². The minimum Gasteiger partial charge on any atom is -0.339 e. The number of hydrogen-bond donors (Lipinski definition) is 0. The third-order valence-electron chi connectivity index (χ3n) is 5.38. The fourth-order valence-electron chi connectivity index (χ4n) is 3.63. The Morgan fingerprint density at radius 2 is 1.68 bits per heavy atom. The lowest BCUT2D eigenvalue weighted by molar-refractivity contribution is -0.132. The van der Waals surface area contributed by atoms with E-state index in [9.17, 15) is 14.4 Å². The first kappa shape index (κ1) is 21.3. The first-order valence-corrected chi connectivity index (χ1v) is 10.7. The van der Waals surface area contributed by atoms with Crippen molar-refractivity contribution >= 4 is 45.9 Å². The Bertz CT molecular complexity index is 1200. The van der Waals surface area contributed by atoms with Gasteiger partial charge in [-0.15, -0.1) is 0 Å². The van der Waals surface area contributed by atoms with Crippen LogP contribution in [0.25, 0.3) is 10.9 Å². The predicted molar refractivity (Wildman–Crippen MR) is 120 cm³/mol. The average molecular weight is 459 g/mol. The second-order valence-corrected chi connectivity index (χ2v) is 8.15. The molecule has 0 bridgehead atoms. The van der Waals surface area contributed by atoms with Gasteiger partial charge in [-0.25, -0.2) is 4.98 Å². The van der Waals surface area contributed by atoms with Gasteiger partial charge in [0.25, 0.3) is 11.5 Å². The number of piperazine rings is 1. The van der Waals surface area contributed by atoms with Crippen LogP contribution >= 0.6 is 23.2 Å². The standard InChI is InChI=1S/C22H20Cl2N4O3/c23-15-5-6-16(18(24)13-15)21(30)27-11-9-26(10-12-27)20(29)7-8-28-14-25-19-4-2-1-3-17(19)22(28)31/h1-6,13-14H,7-12H2. The highest BCUT2D eigenvalue weighted by atomic mass is 35.5. The molecule has 2 aromatic carbocycles. The van der Waals surface area contributed by atoms with Crippen molar-refractivity contribution in [3.8, 4) is 0 Å². The Hall–Kier alpha value is -2.90. The quantitative estimate of drug-likeness (QED) is 0.601. The summed E-state index contributed by atoms with van der Waals surface area (Å²) in [6.07, 6.45) is 1.67. The normalized spacial score (nSPS) is 14.1. The second-order valence-electron chi connectivity index (χ2n) is 7.31. The van der Waals surface area contributed by atoms with E-state index >= 15 is 0 Å². The van der Waals surface area contributed by atoms with E-state index in [0.717, 1.165) is 0 Å². The Morgan fingerprint density at radius 1 is 0.968 bits per heavy atom. The molecule has 9 heteroatoms. The summed E-state index contributed by atoms with van der Waals surface area (Å²) in [5.41, 5.74) is 0.874. The predicted octanol–water partition coefficient (Wildman–Crippen LogP) is 3.08. The molecule has 1 aliphatic heterocycles. The Kier molecular flexibility index (Phi) is 6.25. The number of amides is 2. The van der Waals surface area contributed by atoms with Crippen molar-refractivity contribution in [3.63, 3.8) is 0 Å². The minimum absolute atomic E-state index is 0.0586. The molecule has 3 aromatic rings. The zero-order valence-corrected chi connectivity index (χ0v) is 18.1. The molecule has 1 fully saturated rings. The highest BCUT2D eigenvalue weighted by Gasteiger charge is 2.26. The molecule has 0 saturated carbocycles. The van der Waals surface area contributed by atoms with Crippen molar-refractivity contribution in [2.75, 3.05) is 26.2 Å². The maximum absolute atomic E-state index is 12.7. The molecule has 2 heterocycles. The fourth-order valence-corrected chi connectivity index (χ4v) is 4.12. The maximum atomic E-state index is 12.7. The van der Waals surface area contributed by atoms with Gasteiger partial charge in [0.1, 0.15) is 0 Å². The monoisotopic (exact) mass is 458 g/mol. The molecular formula is C22H20Cl2N4O3. The molecule has 160 valence electrons. The van der Waals surface area contributed by atoms with E-state index in [1.54, 1.807) is 46.2 Å². The number of fused-ring (bicyclic) bond motifs is 1. The van der Waals surface area contributed by atoms with Crippen LogP contribution in [0.4, 0.5) is 0 Å². The zero-order valence-electron chi connectivity index (χ0n) is 16.6. The lowest BCUT2D eigenvalue weighted by Gasteiger charge is -2.35. The van der Waals surface area contributed by atoms with E-state index in [0.29, 0.717) is 52.7 Å². The average Bonchev–Trinajstić information content (AvgIpc) is 2.78.